The third-order valence-electron chi connectivity index (χ3n) is 2.86. The van der Waals surface area contributed by atoms with Crippen LogP contribution in [0.1, 0.15) is 40.0 Å². The summed E-state index contributed by atoms with van der Waals surface area (Å²) in [5.41, 5.74) is 0. The number of hydrogen-bond acceptors (Lipinski definition) is 2. The van der Waals surface area contributed by atoms with Crippen LogP contribution in [0.2, 0.25) is 0 Å². The third-order valence-corrected chi connectivity index (χ3v) is 2.86. The lowest BCUT2D eigenvalue weighted by Gasteiger charge is -2.24. The molecule has 1 fully saturated rings. The molecule has 0 aromatic carbocycles. The summed E-state index contributed by atoms with van der Waals surface area (Å²) in [7, 11) is 0. The number of hydrogen-bond donors (Lipinski definition) is 1. The van der Waals surface area contributed by atoms with Gasteiger partial charge >= 0.3 is 0 Å². The first kappa shape index (κ1) is 12.0. The van der Waals surface area contributed by atoms with Crippen molar-refractivity contribution in [3.63, 3.8) is 0 Å². The van der Waals surface area contributed by atoms with Gasteiger partial charge in [-0.3, -0.25) is 0 Å². The summed E-state index contributed by atoms with van der Waals surface area (Å²) >= 11 is 0. The van der Waals surface area contributed by atoms with Crippen LogP contribution in [0.3, 0.4) is 0 Å². The molecule has 1 saturated heterocycles. The van der Waals surface area contributed by atoms with Gasteiger partial charge in [-0.05, 0) is 44.8 Å². The summed E-state index contributed by atoms with van der Waals surface area (Å²) in [4.78, 5) is 2.62. The molecule has 2 heteroatoms. The summed E-state index contributed by atoms with van der Waals surface area (Å²) in [6, 6.07) is 0.726. The molecular formula is C12H26N2. The zero-order chi connectivity index (χ0) is 10.4. The van der Waals surface area contributed by atoms with Gasteiger partial charge in [0.05, 0.1) is 0 Å². The first-order valence-corrected chi connectivity index (χ1v) is 6.18. The lowest BCUT2D eigenvalue weighted by atomic mass is 10.0. The first-order chi connectivity index (χ1) is 6.72. The Bertz CT molecular complexity index is 145. The Morgan fingerprint density at radius 2 is 2.21 bits per heavy atom. The highest BCUT2D eigenvalue weighted by Gasteiger charge is 2.17. The number of rotatable bonds is 4. The van der Waals surface area contributed by atoms with E-state index in [0.717, 1.165) is 12.0 Å². The van der Waals surface area contributed by atoms with Gasteiger partial charge in [0, 0.05) is 12.6 Å². The first-order valence-electron chi connectivity index (χ1n) is 6.18. The monoisotopic (exact) mass is 198 g/mol. The van der Waals surface area contributed by atoms with E-state index < -0.39 is 0 Å². The lowest BCUT2D eigenvalue weighted by Crippen LogP contribution is -2.38. The van der Waals surface area contributed by atoms with Crippen molar-refractivity contribution < 1.29 is 0 Å². The Kier molecular flexibility index (Phi) is 5.49. The molecule has 0 saturated carbocycles. The molecule has 1 atom stereocenters. The minimum absolute atomic E-state index is 0.726. The molecule has 0 bridgehead atoms. The Morgan fingerprint density at radius 3 is 2.86 bits per heavy atom. The topological polar surface area (TPSA) is 15.3 Å². The Labute approximate surface area is 89.1 Å². The molecule has 1 aliphatic heterocycles. The number of nitrogens with zero attached hydrogens (tertiary/aromatic N) is 1. The molecule has 14 heavy (non-hydrogen) atoms. The normalized spacial score (nSPS) is 25.3. The minimum atomic E-state index is 0.726. The van der Waals surface area contributed by atoms with Crippen LogP contribution in [0.25, 0.3) is 0 Å². The van der Waals surface area contributed by atoms with E-state index in [1.54, 1.807) is 0 Å². The van der Waals surface area contributed by atoms with Crippen molar-refractivity contribution in [2.24, 2.45) is 5.92 Å². The quantitative estimate of drug-likeness (QED) is 0.744. The smallest absolute Gasteiger partial charge is 0.0197 e. The highest BCUT2D eigenvalue weighted by Crippen LogP contribution is 2.09. The van der Waals surface area contributed by atoms with Gasteiger partial charge < -0.3 is 10.2 Å². The van der Waals surface area contributed by atoms with Crippen LogP contribution < -0.4 is 5.32 Å². The molecule has 1 rings (SSSR count). The molecule has 0 radical (unpaired) electrons. The molecular weight excluding hydrogens is 172 g/mol. The van der Waals surface area contributed by atoms with E-state index in [1.165, 1.54) is 45.4 Å². The maximum Gasteiger partial charge on any atom is 0.0197 e. The van der Waals surface area contributed by atoms with E-state index in [-0.39, 0.29) is 0 Å². The van der Waals surface area contributed by atoms with Gasteiger partial charge in [0.15, 0.2) is 0 Å². The maximum atomic E-state index is 3.66. The fourth-order valence-corrected chi connectivity index (χ4v) is 2.32. The summed E-state index contributed by atoms with van der Waals surface area (Å²) in [5, 5.41) is 3.66. The molecule has 0 aliphatic carbocycles. The van der Waals surface area contributed by atoms with Gasteiger partial charge in [-0.1, -0.05) is 20.8 Å². The van der Waals surface area contributed by atoms with Gasteiger partial charge in [0.2, 0.25) is 0 Å². The second kappa shape index (κ2) is 6.41. The summed E-state index contributed by atoms with van der Waals surface area (Å²) < 4.78 is 0. The minimum Gasteiger partial charge on any atom is -0.313 e. The molecule has 0 aromatic rings. The van der Waals surface area contributed by atoms with E-state index in [9.17, 15) is 0 Å². The number of nitrogens with one attached hydrogen (secondary N) is 1. The fourth-order valence-electron chi connectivity index (χ4n) is 2.32. The Hall–Kier alpha value is -0.0800. The van der Waals surface area contributed by atoms with Crippen LogP contribution in [-0.2, 0) is 0 Å². The average molecular weight is 198 g/mol. The lowest BCUT2D eigenvalue weighted by molar-refractivity contribution is 0.255. The molecule has 0 spiro atoms. The summed E-state index contributed by atoms with van der Waals surface area (Å²) in [6.07, 6.45) is 3.92. The van der Waals surface area contributed by atoms with E-state index in [1.807, 2.05) is 0 Å². The second-order valence-corrected chi connectivity index (χ2v) is 4.93. The van der Waals surface area contributed by atoms with Gasteiger partial charge in [-0.15, -0.1) is 0 Å². The molecule has 0 amide bonds. The summed E-state index contributed by atoms with van der Waals surface area (Å²) in [5.74, 6) is 0.814. The Balaban J connectivity index is 2.34. The predicted octanol–water partition coefficient (Wildman–Crippen LogP) is 2.11. The molecule has 1 aliphatic rings. The van der Waals surface area contributed by atoms with Crippen LogP contribution in [0.5, 0.6) is 0 Å². The molecule has 1 unspecified atom stereocenters. The zero-order valence-electron chi connectivity index (χ0n) is 10.1. The molecule has 2 nitrogen and oxygen atoms in total. The van der Waals surface area contributed by atoms with Crippen molar-refractivity contribution in [2.45, 2.75) is 46.1 Å². The van der Waals surface area contributed by atoms with Crippen molar-refractivity contribution in [3.8, 4) is 0 Å². The highest BCUT2D eigenvalue weighted by molar-refractivity contribution is 4.77. The molecule has 84 valence electrons. The molecule has 0 aromatic heterocycles. The average Bonchev–Trinajstić information content (AvgIpc) is 2.30. The van der Waals surface area contributed by atoms with Gasteiger partial charge in [0.25, 0.3) is 0 Å². The van der Waals surface area contributed by atoms with Crippen molar-refractivity contribution in [3.05, 3.63) is 0 Å². The van der Waals surface area contributed by atoms with E-state index in [4.69, 9.17) is 0 Å². The van der Waals surface area contributed by atoms with Crippen LogP contribution in [0, 0.1) is 5.92 Å². The van der Waals surface area contributed by atoms with Crippen LogP contribution >= 0.6 is 0 Å². The SMILES string of the molecule is CCCN1CCCNC(CC(C)C)C1. The van der Waals surface area contributed by atoms with Crippen molar-refractivity contribution in [2.75, 3.05) is 26.2 Å². The predicted molar refractivity (Wildman–Crippen MR) is 62.6 cm³/mol. The molecule has 1 N–H and O–H groups in total. The van der Waals surface area contributed by atoms with Gasteiger partial charge in [-0.2, -0.15) is 0 Å². The van der Waals surface area contributed by atoms with Crippen LogP contribution in [-0.4, -0.2) is 37.1 Å². The van der Waals surface area contributed by atoms with Gasteiger partial charge in [0.1, 0.15) is 0 Å². The zero-order valence-corrected chi connectivity index (χ0v) is 10.1. The second-order valence-electron chi connectivity index (χ2n) is 4.93. The largest absolute Gasteiger partial charge is 0.313 e. The van der Waals surface area contributed by atoms with Crippen LogP contribution in [0.15, 0.2) is 0 Å². The molecule has 1 heterocycles. The van der Waals surface area contributed by atoms with E-state index in [0.29, 0.717) is 0 Å². The van der Waals surface area contributed by atoms with Crippen molar-refractivity contribution >= 4 is 0 Å². The fraction of sp³-hybridized carbons (Fsp3) is 1.00. The van der Waals surface area contributed by atoms with E-state index >= 15 is 0 Å². The third kappa shape index (κ3) is 4.43. The van der Waals surface area contributed by atoms with Crippen LogP contribution in [0.4, 0.5) is 0 Å². The standard InChI is InChI=1S/C12H26N2/c1-4-7-14-8-5-6-13-12(10-14)9-11(2)3/h11-13H,4-10H2,1-3H3. The highest BCUT2D eigenvalue weighted by atomic mass is 15.2. The summed E-state index contributed by atoms with van der Waals surface area (Å²) in [6.45, 7) is 11.9. The van der Waals surface area contributed by atoms with Crippen molar-refractivity contribution in [1.82, 2.24) is 10.2 Å². The van der Waals surface area contributed by atoms with Crippen molar-refractivity contribution in [1.29, 1.82) is 0 Å². The van der Waals surface area contributed by atoms with Gasteiger partial charge in [-0.25, -0.2) is 0 Å². The Morgan fingerprint density at radius 1 is 1.43 bits per heavy atom. The maximum absolute atomic E-state index is 3.66. The van der Waals surface area contributed by atoms with E-state index in [2.05, 4.69) is 31.0 Å².